The number of rotatable bonds is 2. The molecule has 0 aromatic carbocycles. The average molecular weight is 289 g/mol. The summed E-state index contributed by atoms with van der Waals surface area (Å²) < 4.78 is 2.08. The summed E-state index contributed by atoms with van der Waals surface area (Å²) >= 11 is 4.67. The summed E-state index contributed by atoms with van der Waals surface area (Å²) in [7, 11) is 1.73. The van der Waals surface area contributed by atoms with Gasteiger partial charge in [-0.2, -0.15) is 0 Å². The Morgan fingerprint density at radius 1 is 1.60 bits per heavy atom. The van der Waals surface area contributed by atoms with E-state index in [1.165, 1.54) is 16.0 Å². The van der Waals surface area contributed by atoms with E-state index >= 15 is 0 Å². The van der Waals surface area contributed by atoms with Crippen molar-refractivity contribution in [3.63, 3.8) is 0 Å². The fourth-order valence-corrected chi connectivity index (χ4v) is 2.57. The van der Waals surface area contributed by atoms with Gasteiger partial charge in [0, 0.05) is 18.1 Å². The summed E-state index contributed by atoms with van der Waals surface area (Å²) in [6.45, 7) is 1.89. The van der Waals surface area contributed by atoms with Gasteiger partial charge < -0.3 is 5.11 Å². The van der Waals surface area contributed by atoms with Gasteiger partial charge in [-0.15, -0.1) is 16.4 Å². The van der Waals surface area contributed by atoms with Crippen LogP contribution in [-0.4, -0.2) is 25.1 Å². The molecule has 0 fully saturated rings. The van der Waals surface area contributed by atoms with Crippen molar-refractivity contribution in [2.45, 2.75) is 13.0 Å². The first-order valence-corrected chi connectivity index (χ1v) is 5.92. The van der Waals surface area contributed by atoms with Crippen LogP contribution in [0.4, 0.5) is 0 Å². The standard InChI is InChI=1S/C8H9BrN4OS/c1-4-3-15-8(10-4)6(14)5-7(9)11-12-13(5)2/h3,6,14H,1-2H3. The Morgan fingerprint density at radius 3 is 2.80 bits per heavy atom. The predicted molar refractivity (Wildman–Crippen MR) is 59.6 cm³/mol. The Labute approximate surface area is 98.9 Å². The molecule has 7 heteroatoms. The maximum absolute atomic E-state index is 10.1. The second-order valence-corrected chi connectivity index (χ2v) is 4.76. The quantitative estimate of drug-likeness (QED) is 0.908. The third-order valence-electron chi connectivity index (χ3n) is 1.96. The first kappa shape index (κ1) is 10.7. The molecule has 0 saturated heterocycles. The third-order valence-corrected chi connectivity index (χ3v) is 3.54. The molecular formula is C8H9BrN4OS. The number of aromatic nitrogens is 4. The zero-order valence-electron chi connectivity index (χ0n) is 8.18. The van der Waals surface area contributed by atoms with E-state index in [1.54, 1.807) is 7.05 Å². The summed E-state index contributed by atoms with van der Waals surface area (Å²) in [5.74, 6) is 0. The molecule has 0 radical (unpaired) electrons. The lowest BCUT2D eigenvalue weighted by atomic mass is 10.3. The van der Waals surface area contributed by atoms with Crippen LogP contribution in [0, 0.1) is 6.92 Å². The Balaban J connectivity index is 2.40. The van der Waals surface area contributed by atoms with Gasteiger partial charge in [0.25, 0.3) is 0 Å². The van der Waals surface area contributed by atoms with E-state index in [9.17, 15) is 5.11 Å². The smallest absolute Gasteiger partial charge is 0.154 e. The molecule has 0 saturated carbocycles. The summed E-state index contributed by atoms with van der Waals surface area (Å²) in [6.07, 6.45) is -0.780. The van der Waals surface area contributed by atoms with E-state index < -0.39 is 6.10 Å². The summed E-state index contributed by atoms with van der Waals surface area (Å²) in [6, 6.07) is 0. The van der Waals surface area contributed by atoms with Crippen LogP contribution < -0.4 is 0 Å². The van der Waals surface area contributed by atoms with Crippen molar-refractivity contribution in [2.75, 3.05) is 0 Å². The zero-order chi connectivity index (χ0) is 11.0. The van der Waals surface area contributed by atoms with E-state index in [2.05, 4.69) is 31.2 Å². The molecule has 15 heavy (non-hydrogen) atoms. The lowest BCUT2D eigenvalue weighted by Crippen LogP contribution is -2.07. The van der Waals surface area contributed by atoms with Crippen molar-refractivity contribution in [1.82, 2.24) is 20.0 Å². The van der Waals surface area contributed by atoms with Crippen molar-refractivity contribution >= 4 is 27.3 Å². The molecule has 5 nitrogen and oxygen atoms in total. The normalized spacial score (nSPS) is 13.1. The van der Waals surface area contributed by atoms with Gasteiger partial charge >= 0.3 is 0 Å². The minimum atomic E-state index is -0.780. The second kappa shape index (κ2) is 3.99. The topological polar surface area (TPSA) is 63.8 Å². The SMILES string of the molecule is Cc1csc(C(O)c2c(Br)nnn2C)n1. The number of nitrogens with zero attached hydrogens (tertiary/aromatic N) is 4. The van der Waals surface area contributed by atoms with E-state index in [1.807, 2.05) is 12.3 Å². The van der Waals surface area contributed by atoms with Crippen LogP contribution in [0.15, 0.2) is 9.98 Å². The lowest BCUT2D eigenvalue weighted by Gasteiger charge is -2.07. The molecular weight excluding hydrogens is 280 g/mol. The molecule has 2 heterocycles. The predicted octanol–water partition coefficient (Wildman–Crippen LogP) is 1.42. The van der Waals surface area contributed by atoms with E-state index in [0.29, 0.717) is 15.3 Å². The number of hydrogen-bond donors (Lipinski definition) is 1. The first-order chi connectivity index (χ1) is 7.09. The highest BCUT2D eigenvalue weighted by molar-refractivity contribution is 9.10. The van der Waals surface area contributed by atoms with Crippen LogP contribution in [0.1, 0.15) is 22.5 Å². The fourth-order valence-electron chi connectivity index (χ4n) is 1.24. The second-order valence-electron chi connectivity index (χ2n) is 3.12. The highest BCUT2D eigenvalue weighted by atomic mass is 79.9. The van der Waals surface area contributed by atoms with E-state index in [0.717, 1.165) is 5.69 Å². The van der Waals surface area contributed by atoms with Crippen LogP contribution in [0.3, 0.4) is 0 Å². The van der Waals surface area contributed by atoms with Gasteiger partial charge in [-0.25, -0.2) is 9.67 Å². The van der Waals surface area contributed by atoms with E-state index in [-0.39, 0.29) is 0 Å². The van der Waals surface area contributed by atoms with Crippen molar-refractivity contribution in [3.8, 4) is 0 Å². The molecule has 1 N–H and O–H groups in total. The van der Waals surface area contributed by atoms with Crippen molar-refractivity contribution in [3.05, 3.63) is 26.4 Å². The van der Waals surface area contributed by atoms with Gasteiger partial charge in [-0.1, -0.05) is 5.21 Å². The molecule has 2 rings (SSSR count). The molecule has 0 amide bonds. The molecule has 0 bridgehead atoms. The average Bonchev–Trinajstić information content (AvgIpc) is 2.73. The Bertz CT molecular complexity index is 461. The molecule has 0 aliphatic heterocycles. The van der Waals surface area contributed by atoms with Crippen molar-refractivity contribution in [2.24, 2.45) is 7.05 Å². The van der Waals surface area contributed by atoms with Gasteiger partial charge in [0.2, 0.25) is 0 Å². The van der Waals surface area contributed by atoms with Gasteiger partial charge in [-0.05, 0) is 22.9 Å². The molecule has 0 aliphatic carbocycles. The number of thiazole rings is 1. The van der Waals surface area contributed by atoms with Crippen LogP contribution in [0.25, 0.3) is 0 Å². The maximum atomic E-state index is 10.1. The minimum absolute atomic E-state index is 0.547. The van der Waals surface area contributed by atoms with Gasteiger partial charge in [-0.3, -0.25) is 0 Å². The molecule has 0 spiro atoms. The summed E-state index contributed by atoms with van der Waals surface area (Å²) in [5.41, 5.74) is 1.52. The third kappa shape index (κ3) is 1.95. The van der Waals surface area contributed by atoms with E-state index in [4.69, 9.17) is 0 Å². The summed E-state index contributed by atoms with van der Waals surface area (Å²) in [5, 5.41) is 20.2. The molecule has 2 aromatic rings. The van der Waals surface area contributed by atoms with Gasteiger partial charge in [0.15, 0.2) is 4.60 Å². The van der Waals surface area contributed by atoms with Crippen LogP contribution in [-0.2, 0) is 7.05 Å². The van der Waals surface area contributed by atoms with Gasteiger partial charge in [0.05, 0.1) is 0 Å². The molecule has 0 aliphatic rings. The first-order valence-electron chi connectivity index (χ1n) is 4.24. The Hall–Kier alpha value is -0.790. The van der Waals surface area contributed by atoms with Crippen molar-refractivity contribution < 1.29 is 5.11 Å². The zero-order valence-corrected chi connectivity index (χ0v) is 10.6. The van der Waals surface area contributed by atoms with Crippen LogP contribution in [0.5, 0.6) is 0 Å². The largest absolute Gasteiger partial charge is 0.379 e. The number of halogens is 1. The number of aliphatic hydroxyl groups is 1. The van der Waals surface area contributed by atoms with Crippen molar-refractivity contribution in [1.29, 1.82) is 0 Å². The highest BCUT2D eigenvalue weighted by Gasteiger charge is 2.21. The summed E-state index contributed by atoms with van der Waals surface area (Å²) in [4.78, 5) is 4.23. The number of hydrogen-bond acceptors (Lipinski definition) is 5. The molecule has 80 valence electrons. The maximum Gasteiger partial charge on any atom is 0.154 e. The van der Waals surface area contributed by atoms with Gasteiger partial charge in [0.1, 0.15) is 16.8 Å². The molecule has 2 aromatic heterocycles. The van der Waals surface area contributed by atoms with Crippen LogP contribution in [0.2, 0.25) is 0 Å². The fraction of sp³-hybridized carbons (Fsp3) is 0.375. The lowest BCUT2D eigenvalue weighted by molar-refractivity contribution is 0.208. The highest BCUT2D eigenvalue weighted by Crippen LogP contribution is 2.28. The number of aryl methyl sites for hydroxylation is 2. The Kier molecular flexibility index (Phi) is 2.85. The van der Waals surface area contributed by atoms with Crippen LogP contribution >= 0.6 is 27.3 Å². The minimum Gasteiger partial charge on any atom is -0.379 e. The molecule has 1 atom stereocenters. The number of aliphatic hydroxyl groups excluding tert-OH is 1. The Morgan fingerprint density at radius 2 is 2.33 bits per heavy atom. The molecule has 1 unspecified atom stereocenters. The monoisotopic (exact) mass is 288 g/mol.